The Hall–Kier alpha value is -3.72. The van der Waals surface area contributed by atoms with Gasteiger partial charge in [0.25, 0.3) is 0 Å². The molecule has 1 aliphatic carbocycles. The van der Waals surface area contributed by atoms with Crippen LogP contribution in [0.5, 0.6) is 0 Å². The van der Waals surface area contributed by atoms with Crippen LogP contribution in [0.2, 0.25) is 0 Å². The Morgan fingerprint density at radius 3 is 2.25 bits per heavy atom. The normalized spacial score (nSPS) is 21.2. The molecule has 2 fully saturated rings. The number of likely N-dealkylation sites (tertiary alicyclic amines) is 1. The minimum atomic E-state index is -1.04. The highest BCUT2D eigenvalue weighted by Crippen LogP contribution is 2.36. The first kappa shape index (κ1) is 25.4. The number of hydrogen-bond donors (Lipinski definition) is 4. The molecule has 3 atom stereocenters. The number of nitrogens with zero attached hydrogens (tertiary/aromatic N) is 1. The van der Waals surface area contributed by atoms with Crippen molar-refractivity contribution in [3.05, 3.63) is 60.2 Å². The van der Waals surface area contributed by atoms with Crippen molar-refractivity contribution in [2.24, 2.45) is 5.73 Å². The summed E-state index contributed by atoms with van der Waals surface area (Å²) in [6.07, 6.45) is 1.10. The lowest BCUT2D eigenvalue weighted by molar-refractivity contribution is -0.149. The highest BCUT2D eigenvalue weighted by Gasteiger charge is 2.51. The van der Waals surface area contributed by atoms with Gasteiger partial charge in [0, 0.05) is 26.3 Å². The third kappa shape index (κ3) is 5.41. The molecular weight excluding hydrogens is 460 g/mol. The van der Waals surface area contributed by atoms with Crippen molar-refractivity contribution in [3.8, 4) is 11.1 Å². The van der Waals surface area contributed by atoms with Crippen LogP contribution < -0.4 is 16.4 Å². The number of primary amides is 1. The van der Waals surface area contributed by atoms with Crippen molar-refractivity contribution in [2.75, 3.05) is 6.54 Å². The molecule has 9 heteroatoms. The van der Waals surface area contributed by atoms with Gasteiger partial charge in [-0.05, 0) is 36.0 Å². The van der Waals surface area contributed by atoms with Gasteiger partial charge in [-0.25, -0.2) is 0 Å². The Balaban J connectivity index is 1.45. The van der Waals surface area contributed by atoms with Gasteiger partial charge in [-0.2, -0.15) is 0 Å². The zero-order valence-corrected chi connectivity index (χ0v) is 20.3. The smallest absolute Gasteiger partial charge is 0.249 e. The van der Waals surface area contributed by atoms with Crippen LogP contribution >= 0.6 is 0 Å². The van der Waals surface area contributed by atoms with E-state index in [1.165, 1.54) is 11.8 Å². The summed E-state index contributed by atoms with van der Waals surface area (Å²) in [6.45, 7) is 1.33. The van der Waals surface area contributed by atoms with Gasteiger partial charge in [0.1, 0.15) is 17.6 Å². The van der Waals surface area contributed by atoms with Crippen LogP contribution in [0.1, 0.15) is 38.2 Å². The summed E-state index contributed by atoms with van der Waals surface area (Å²) in [5.41, 5.74) is 7.46. The van der Waals surface area contributed by atoms with E-state index in [2.05, 4.69) is 10.6 Å². The fraction of sp³-hybridized carbons (Fsp3) is 0.407. The topological polar surface area (TPSA) is 142 Å². The van der Waals surface area contributed by atoms with E-state index < -0.39 is 35.5 Å². The van der Waals surface area contributed by atoms with E-state index in [4.69, 9.17) is 5.73 Å². The van der Waals surface area contributed by atoms with E-state index in [-0.39, 0.29) is 31.2 Å². The summed E-state index contributed by atoms with van der Waals surface area (Å²) in [5.74, 6) is -1.95. The van der Waals surface area contributed by atoms with Crippen LogP contribution in [-0.2, 0) is 25.6 Å². The van der Waals surface area contributed by atoms with Gasteiger partial charge in [-0.1, -0.05) is 54.6 Å². The zero-order valence-electron chi connectivity index (χ0n) is 20.3. The predicted molar refractivity (Wildman–Crippen MR) is 133 cm³/mol. The Bertz CT molecular complexity index is 1130. The van der Waals surface area contributed by atoms with E-state index in [0.29, 0.717) is 12.8 Å². The second kappa shape index (κ2) is 10.5. The van der Waals surface area contributed by atoms with Crippen LogP contribution in [-0.4, -0.2) is 63.9 Å². The Kier molecular flexibility index (Phi) is 7.40. The molecule has 1 aliphatic heterocycles. The standard InChI is InChI=1S/C27H32N4O5/c1-17(32)30-27(12-5-13-27)26(36)31-16-21(33)15-23(31)25(35)29-22(24(28)34)14-18-8-10-20(11-9-18)19-6-3-2-4-7-19/h2-4,6-11,21-23,33H,5,12-16H2,1H3,(H2,28,34)(H,29,35)(H,30,32)/t21-,22-,23+/m1/s1. The molecule has 1 heterocycles. The van der Waals surface area contributed by atoms with Crippen LogP contribution in [0.4, 0.5) is 0 Å². The van der Waals surface area contributed by atoms with E-state index in [9.17, 15) is 24.3 Å². The summed E-state index contributed by atoms with van der Waals surface area (Å²) in [6, 6.07) is 15.6. The van der Waals surface area contributed by atoms with Gasteiger partial charge in [-0.15, -0.1) is 0 Å². The number of aliphatic hydroxyl groups is 1. The van der Waals surface area contributed by atoms with Crippen molar-refractivity contribution in [1.29, 1.82) is 0 Å². The first-order chi connectivity index (χ1) is 17.2. The fourth-order valence-electron chi connectivity index (χ4n) is 5.01. The van der Waals surface area contributed by atoms with Gasteiger partial charge >= 0.3 is 0 Å². The maximum atomic E-state index is 13.3. The second-order valence-electron chi connectivity index (χ2n) is 9.71. The highest BCUT2D eigenvalue weighted by molar-refractivity contribution is 5.97. The number of nitrogens with two attached hydrogens (primary N) is 1. The molecule has 1 saturated heterocycles. The number of aliphatic hydroxyl groups excluding tert-OH is 1. The lowest BCUT2D eigenvalue weighted by Crippen LogP contribution is -2.65. The van der Waals surface area contributed by atoms with Crippen LogP contribution in [0.3, 0.4) is 0 Å². The van der Waals surface area contributed by atoms with E-state index in [1.54, 1.807) is 0 Å². The molecule has 0 spiro atoms. The minimum absolute atomic E-state index is 0.0135. The summed E-state index contributed by atoms with van der Waals surface area (Å²) >= 11 is 0. The monoisotopic (exact) mass is 492 g/mol. The molecule has 2 aromatic carbocycles. The van der Waals surface area contributed by atoms with Gasteiger partial charge in [0.2, 0.25) is 23.6 Å². The average Bonchev–Trinajstić information content (AvgIpc) is 3.23. The number of amides is 4. The molecule has 4 rings (SSSR count). The van der Waals surface area contributed by atoms with Crippen molar-refractivity contribution in [3.63, 3.8) is 0 Å². The molecule has 36 heavy (non-hydrogen) atoms. The molecular formula is C27H32N4O5. The highest BCUT2D eigenvalue weighted by atomic mass is 16.3. The number of β-amino-alcohol motifs (C(OH)–C–C–N with tert-alkyl or cyclic N) is 1. The average molecular weight is 493 g/mol. The van der Waals surface area contributed by atoms with E-state index in [0.717, 1.165) is 23.1 Å². The van der Waals surface area contributed by atoms with Crippen molar-refractivity contribution < 1.29 is 24.3 Å². The molecule has 1 saturated carbocycles. The number of nitrogens with one attached hydrogen (secondary N) is 2. The summed E-state index contributed by atoms with van der Waals surface area (Å²) in [5, 5.41) is 15.7. The molecule has 2 aliphatic rings. The zero-order chi connectivity index (χ0) is 25.9. The second-order valence-corrected chi connectivity index (χ2v) is 9.71. The van der Waals surface area contributed by atoms with Gasteiger partial charge in [0.15, 0.2) is 0 Å². The number of rotatable bonds is 8. The van der Waals surface area contributed by atoms with Gasteiger partial charge in [0.05, 0.1) is 6.10 Å². The van der Waals surface area contributed by atoms with E-state index >= 15 is 0 Å². The third-order valence-electron chi connectivity index (χ3n) is 7.04. The number of carbonyl (C=O) groups excluding carboxylic acids is 4. The third-order valence-corrected chi connectivity index (χ3v) is 7.04. The fourth-order valence-corrected chi connectivity index (χ4v) is 5.01. The molecule has 0 unspecified atom stereocenters. The van der Waals surface area contributed by atoms with Crippen LogP contribution in [0, 0.1) is 0 Å². The molecule has 2 aromatic rings. The minimum Gasteiger partial charge on any atom is -0.391 e. The first-order valence-corrected chi connectivity index (χ1v) is 12.2. The summed E-state index contributed by atoms with van der Waals surface area (Å²) < 4.78 is 0. The van der Waals surface area contributed by atoms with Gasteiger partial charge < -0.3 is 26.4 Å². The van der Waals surface area contributed by atoms with E-state index in [1.807, 2.05) is 54.6 Å². The first-order valence-electron chi connectivity index (χ1n) is 12.2. The molecule has 4 amide bonds. The van der Waals surface area contributed by atoms with Crippen molar-refractivity contribution >= 4 is 23.6 Å². The van der Waals surface area contributed by atoms with Crippen molar-refractivity contribution in [2.45, 2.75) is 62.8 Å². The Morgan fingerprint density at radius 1 is 1.06 bits per heavy atom. The maximum Gasteiger partial charge on any atom is 0.249 e. The number of benzene rings is 2. The van der Waals surface area contributed by atoms with Crippen molar-refractivity contribution in [1.82, 2.24) is 15.5 Å². The summed E-state index contributed by atoms with van der Waals surface area (Å²) in [7, 11) is 0. The molecule has 9 nitrogen and oxygen atoms in total. The number of carbonyl (C=O) groups is 4. The molecule has 5 N–H and O–H groups in total. The molecule has 0 aromatic heterocycles. The SMILES string of the molecule is CC(=O)NC1(C(=O)N2C[C@H](O)C[C@H]2C(=O)N[C@H](Cc2ccc(-c3ccccc3)cc2)C(N)=O)CCC1. The Labute approximate surface area is 210 Å². The molecule has 0 bridgehead atoms. The lowest BCUT2D eigenvalue weighted by Gasteiger charge is -2.44. The predicted octanol–water partition coefficient (Wildman–Crippen LogP) is 0.887. The quantitative estimate of drug-likeness (QED) is 0.433. The largest absolute Gasteiger partial charge is 0.391 e. The van der Waals surface area contributed by atoms with Crippen LogP contribution in [0.25, 0.3) is 11.1 Å². The maximum absolute atomic E-state index is 13.3. The summed E-state index contributed by atoms with van der Waals surface area (Å²) in [4.78, 5) is 51.7. The lowest BCUT2D eigenvalue weighted by atomic mass is 9.75. The Morgan fingerprint density at radius 2 is 1.69 bits per heavy atom. The van der Waals surface area contributed by atoms with Gasteiger partial charge in [-0.3, -0.25) is 19.2 Å². The molecule has 0 radical (unpaired) electrons. The van der Waals surface area contributed by atoms with Crippen LogP contribution in [0.15, 0.2) is 54.6 Å². The molecule has 190 valence electrons. The number of hydrogen-bond acceptors (Lipinski definition) is 5.